The molecule has 1 aromatic rings. The maximum absolute atomic E-state index is 5.82. The van der Waals surface area contributed by atoms with Crippen molar-refractivity contribution in [2.45, 2.75) is 33.6 Å². The first-order valence-corrected chi connectivity index (χ1v) is 6.18. The SMILES string of the molecule is C=C(CC)COc1c(C)cc(CCN)cc1C. The summed E-state index contributed by atoms with van der Waals surface area (Å²) in [6, 6.07) is 4.31. The van der Waals surface area contributed by atoms with Gasteiger partial charge in [0, 0.05) is 0 Å². The van der Waals surface area contributed by atoms with E-state index in [0.29, 0.717) is 13.2 Å². The topological polar surface area (TPSA) is 35.2 Å². The minimum Gasteiger partial charge on any atom is -0.489 e. The minimum atomic E-state index is 0.606. The highest BCUT2D eigenvalue weighted by molar-refractivity contribution is 5.43. The molecule has 0 aliphatic heterocycles. The number of hydrogen-bond donors (Lipinski definition) is 1. The van der Waals surface area contributed by atoms with Gasteiger partial charge in [-0.3, -0.25) is 0 Å². The Hall–Kier alpha value is -1.28. The van der Waals surface area contributed by atoms with Gasteiger partial charge in [-0.25, -0.2) is 0 Å². The van der Waals surface area contributed by atoms with Crippen LogP contribution in [-0.4, -0.2) is 13.2 Å². The molecule has 0 saturated heterocycles. The molecular weight excluding hydrogens is 210 g/mol. The molecule has 0 aromatic heterocycles. The van der Waals surface area contributed by atoms with Gasteiger partial charge in [0.15, 0.2) is 0 Å². The van der Waals surface area contributed by atoms with Crippen LogP contribution in [0, 0.1) is 13.8 Å². The number of ether oxygens (including phenoxy) is 1. The monoisotopic (exact) mass is 233 g/mol. The molecule has 0 bridgehead atoms. The molecule has 0 radical (unpaired) electrons. The number of hydrogen-bond acceptors (Lipinski definition) is 2. The molecule has 17 heavy (non-hydrogen) atoms. The van der Waals surface area contributed by atoms with Crippen LogP contribution in [0.1, 0.15) is 30.0 Å². The van der Waals surface area contributed by atoms with Crippen LogP contribution in [0.2, 0.25) is 0 Å². The number of aryl methyl sites for hydroxylation is 2. The van der Waals surface area contributed by atoms with E-state index in [2.05, 4.69) is 39.5 Å². The third-order valence-electron chi connectivity index (χ3n) is 2.87. The standard InChI is InChI=1S/C15H23NO/c1-5-11(2)10-17-15-12(3)8-14(6-7-16)9-13(15)4/h8-9H,2,5-7,10,16H2,1,3-4H3. The normalized spacial score (nSPS) is 10.4. The molecule has 2 heteroatoms. The van der Waals surface area contributed by atoms with Crippen LogP contribution in [-0.2, 0) is 6.42 Å². The van der Waals surface area contributed by atoms with Crippen molar-refractivity contribution in [2.24, 2.45) is 5.73 Å². The zero-order chi connectivity index (χ0) is 12.8. The first kappa shape index (κ1) is 13.8. The molecule has 2 nitrogen and oxygen atoms in total. The highest BCUT2D eigenvalue weighted by Gasteiger charge is 2.06. The van der Waals surface area contributed by atoms with E-state index < -0.39 is 0 Å². The molecule has 2 N–H and O–H groups in total. The number of rotatable bonds is 6. The predicted octanol–water partition coefficient (Wildman–Crippen LogP) is 3.15. The summed E-state index contributed by atoms with van der Waals surface area (Å²) in [5.74, 6) is 0.986. The number of benzene rings is 1. The second kappa shape index (κ2) is 6.45. The third kappa shape index (κ3) is 3.90. The summed E-state index contributed by atoms with van der Waals surface area (Å²) in [5.41, 5.74) is 10.3. The van der Waals surface area contributed by atoms with Gasteiger partial charge in [0.25, 0.3) is 0 Å². The van der Waals surface area contributed by atoms with Crippen molar-refractivity contribution in [3.8, 4) is 5.75 Å². The zero-order valence-electron chi connectivity index (χ0n) is 11.2. The van der Waals surface area contributed by atoms with Crippen molar-refractivity contribution in [1.82, 2.24) is 0 Å². The summed E-state index contributed by atoms with van der Waals surface area (Å²) in [6.45, 7) is 11.5. The van der Waals surface area contributed by atoms with Crippen LogP contribution in [0.5, 0.6) is 5.75 Å². The fourth-order valence-electron chi connectivity index (χ4n) is 1.85. The molecular formula is C15H23NO. The summed E-state index contributed by atoms with van der Waals surface area (Å²) >= 11 is 0. The Bertz CT molecular complexity index is 373. The Labute approximate surface area is 104 Å². The fourth-order valence-corrected chi connectivity index (χ4v) is 1.85. The summed E-state index contributed by atoms with van der Waals surface area (Å²) in [7, 11) is 0. The van der Waals surface area contributed by atoms with E-state index in [0.717, 1.165) is 24.2 Å². The molecule has 94 valence electrons. The highest BCUT2D eigenvalue weighted by Crippen LogP contribution is 2.25. The second-order valence-corrected chi connectivity index (χ2v) is 4.49. The maximum Gasteiger partial charge on any atom is 0.125 e. The van der Waals surface area contributed by atoms with Gasteiger partial charge in [-0.1, -0.05) is 25.6 Å². The summed E-state index contributed by atoms with van der Waals surface area (Å²) < 4.78 is 5.82. The molecule has 0 aliphatic rings. The van der Waals surface area contributed by atoms with Gasteiger partial charge < -0.3 is 10.5 Å². The van der Waals surface area contributed by atoms with Crippen molar-refractivity contribution in [1.29, 1.82) is 0 Å². The Balaban J connectivity index is 2.82. The lowest BCUT2D eigenvalue weighted by Crippen LogP contribution is -2.06. The van der Waals surface area contributed by atoms with Crippen molar-refractivity contribution >= 4 is 0 Å². The van der Waals surface area contributed by atoms with Crippen LogP contribution in [0.4, 0.5) is 0 Å². The highest BCUT2D eigenvalue weighted by atomic mass is 16.5. The van der Waals surface area contributed by atoms with Gasteiger partial charge in [0.2, 0.25) is 0 Å². The molecule has 0 atom stereocenters. The fraction of sp³-hybridized carbons (Fsp3) is 0.467. The van der Waals surface area contributed by atoms with Crippen LogP contribution in [0.3, 0.4) is 0 Å². The van der Waals surface area contributed by atoms with Crippen LogP contribution >= 0.6 is 0 Å². The molecule has 0 amide bonds. The largest absolute Gasteiger partial charge is 0.489 e. The first-order chi connectivity index (χ1) is 8.08. The van der Waals surface area contributed by atoms with E-state index in [1.54, 1.807) is 0 Å². The Morgan fingerprint density at radius 1 is 1.29 bits per heavy atom. The van der Waals surface area contributed by atoms with Crippen molar-refractivity contribution in [2.75, 3.05) is 13.2 Å². The van der Waals surface area contributed by atoms with Crippen molar-refractivity contribution in [3.05, 3.63) is 41.0 Å². The van der Waals surface area contributed by atoms with Gasteiger partial charge in [0.1, 0.15) is 12.4 Å². The van der Waals surface area contributed by atoms with Crippen LogP contribution in [0.15, 0.2) is 24.3 Å². The molecule has 0 aliphatic carbocycles. The van der Waals surface area contributed by atoms with E-state index in [4.69, 9.17) is 10.5 Å². The van der Waals surface area contributed by atoms with E-state index in [1.165, 1.54) is 16.7 Å². The molecule has 0 spiro atoms. The molecule has 0 unspecified atom stereocenters. The smallest absolute Gasteiger partial charge is 0.125 e. The Morgan fingerprint density at radius 2 is 1.88 bits per heavy atom. The average Bonchev–Trinajstić information content (AvgIpc) is 2.28. The van der Waals surface area contributed by atoms with Crippen molar-refractivity contribution in [3.63, 3.8) is 0 Å². The van der Waals surface area contributed by atoms with E-state index >= 15 is 0 Å². The van der Waals surface area contributed by atoms with E-state index in [-0.39, 0.29) is 0 Å². The lowest BCUT2D eigenvalue weighted by Gasteiger charge is -2.14. The third-order valence-corrected chi connectivity index (χ3v) is 2.87. The predicted molar refractivity (Wildman–Crippen MR) is 73.6 cm³/mol. The summed E-state index contributed by atoms with van der Waals surface area (Å²) in [4.78, 5) is 0. The molecule has 0 fully saturated rings. The zero-order valence-corrected chi connectivity index (χ0v) is 11.2. The first-order valence-electron chi connectivity index (χ1n) is 6.18. The second-order valence-electron chi connectivity index (χ2n) is 4.49. The van der Waals surface area contributed by atoms with Crippen LogP contribution < -0.4 is 10.5 Å². The molecule has 0 saturated carbocycles. The van der Waals surface area contributed by atoms with E-state index in [9.17, 15) is 0 Å². The maximum atomic E-state index is 5.82. The Morgan fingerprint density at radius 3 is 2.35 bits per heavy atom. The Kier molecular flexibility index (Phi) is 5.23. The van der Waals surface area contributed by atoms with E-state index in [1.807, 2.05) is 0 Å². The molecule has 1 rings (SSSR count). The lowest BCUT2D eigenvalue weighted by molar-refractivity contribution is 0.344. The van der Waals surface area contributed by atoms with Gasteiger partial charge >= 0.3 is 0 Å². The quantitative estimate of drug-likeness (QED) is 0.766. The van der Waals surface area contributed by atoms with Gasteiger partial charge in [0.05, 0.1) is 0 Å². The van der Waals surface area contributed by atoms with Gasteiger partial charge in [-0.15, -0.1) is 0 Å². The molecule has 1 aromatic carbocycles. The van der Waals surface area contributed by atoms with Gasteiger partial charge in [-0.05, 0) is 55.5 Å². The lowest BCUT2D eigenvalue weighted by atomic mass is 10.0. The summed E-state index contributed by atoms with van der Waals surface area (Å²) in [5, 5.41) is 0. The molecule has 0 heterocycles. The minimum absolute atomic E-state index is 0.606. The number of nitrogens with two attached hydrogens (primary N) is 1. The average molecular weight is 233 g/mol. The van der Waals surface area contributed by atoms with Crippen LogP contribution in [0.25, 0.3) is 0 Å². The van der Waals surface area contributed by atoms with Crippen molar-refractivity contribution < 1.29 is 4.74 Å². The van der Waals surface area contributed by atoms with Gasteiger partial charge in [-0.2, -0.15) is 0 Å². The summed E-state index contributed by atoms with van der Waals surface area (Å²) in [6.07, 6.45) is 1.88.